The summed E-state index contributed by atoms with van der Waals surface area (Å²) in [6, 6.07) is 9.11. The van der Waals surface area contributed by atoms with Gasteiger partial charge < -0.3 is 20.6 Å². The van der Waals surface area contributed by atoms with Gasteiger partial charge in [-0.15, -0.1) is 0 Å². The lowest BCUT2D eigenvalue weighted by atomic mass is 9.74. The maximum Gasteiger partial charge on any atom is 0.418 e. The summed E-state index contributed by atoms with van der Waals surface area (Å²) in [5.41, 5.74) is -3.60. The minimum atomic E-state index is -4.97. The summed E-state index contributed by atoms with van der Waals surface area (Å²) in [7, 11) is 0. The molecule has 0 aliphatic rings. The van der Waals surface area contributed by atoms with Crippen molar-refractivity contribution in [2.45, 2.75) is 44.1 Å². The molecule has 0 heterocycles. The van der Waals surface area contributed by atoms with E-state index >= 15 is 0 Å². The van der Waals surface area contributed by atoms with Gasteiger partial charge >= 0.3 is 6.18 Å². The topological polar surface area (TPSA) is 72.7 Å². The lowest BCUT2D eigenvalue weighted by molar-refractivity contribution is -0.260. The number of phenolic OH excluding ortho intramolecular Hbond substituents is 1. The number of aromatic hydroxyl groups is 1. The maximum atomic E-state index is 13.7. The van der Waals surface area contributed by atoms with E-state index in [2.05, 4.69) is 5.32 Å². The van der Waals surface area contributed by atoms with Crippen molar-refractivity contribution in [2.75, 3.05) is 11.9 Å². The summed E-state index contributed by atoms with van der Waals surface area (Å²) in [5, 5.41) is 32.0. The molecule has 0 saturated carbocycles. The molecule has 4 N–H and O–H groups in total. The van der Waals surface area contributed by atoms with Gasteiger partial charge in [-0.05, 0) is 47.7 Å². The van der Waals surface area contributed by atoms with E-state index in [1.165, 1.54) is 26.0 Å². The molecule has 0 fully saturated rings. The van der Waals surface area contributed by atoms with E-state index in [1.807, 2.05) is 0 Å². The number of hydrogen-bond donors (Lipinski definition) is 4. The standard InChI is InChI=1S/C20H23F4NO3/c1-18(2,16-9-14(21)5-8-17(16)27)11-19(28,20(22,23)24)12-25-15-6-3-13(10-26)4-7-15/h3-9,25-28H,10-12H2,1-2H3. The molecule has 1 atom stereocenters. The number of alkyl halides is 3. The Bertz CT molecular complexity index is 806. The van der Waals surface area contributed by atoms with Gasteiger partial charge in [-0.2, -0.15) is 13.2 Å². The third kappa shape index (κ3) is 4.94. The summed E-state index contributed by atoms with van der Waals surface area (Å²) < 4.78 is 54.6. The Hall–Kier alpha value is -2.32. The molecule has 2 rings (SSSR count). The molecule has 0 amide bonds. The summed E-state index contributed by atoms with van der Waals surface area (Å²) in [5.74, 6) is -1.04. The van der Waals surface area contributed by atoms with Crippen LogP contribution < -0.4 is 5.32 Å². The Morgan fingerprint density at radius 1 is 1.00 bits per heavy atom. The zero-order chi connectivity index (χ0) is 21.2. The molecular formula is C20H23F4NO3. The molecule has 1 unspecified atom stereocenters. The largest absolute Gasteiger partial charge is 0.508 e. The Morgan fingerprint density at radius 2 is 1.61 bits per heavy atom. The normalized spacial score (nSPS) is 14.6. The molecular weight excluding hydrogens is 378 g/mol. The molecule has 2 aromatic carbocycles. The van der Waals surface area contributed by atoms with Crippen molar-refractivity contribution in [3.8, 4) is 5.75 Å². The van der Waals surface area contributed by atoms with Crippen LogP contribution in [0.4, 0.5) is 23.2 Å². The zero-order valence-electron chi connectivity index (χ0n) is 15.5. The second-order valence-electron chi connectivity index (χ2n) is 7.46. The van der Waals surface area contributed by atoms with Crippen LogP contribution in [0.5, 0.6) is 5.75 Å². The third-order valence-corrected chi connectivity index (χ3v) is 4.67. The molecule has 4 nitrogen and oxygen atoms in total. The minimum Gasteiger partial charge on any atom is -0.508 e. The van der Waals surface area contributed by atoms with Gasteiger partial charge in [0.2, 0.25) is 0 Å². The molecule has 28 heavy (non-hydrogen) atoms. The molecule has 0 aliphatic heterocycles. The molecule has 0 radical (unpaired) electrons. The molecule has 0 aliphatic carbocycles. The van der Waals surface area contributed by atoms with Crippen molar-refractivity contribution in [1.82, 2.24) is 0 Å². The molecule has 0 saturated heterocycles. The second-order valence-corrected chi connectivity index (χ2v) is 7.46. The number of halogens is 4. The fourth-order valence-corrected chi connectivity index (χ4v) is 3.12. The van der Waals surface area contributed by atoms with E-state index in [-0.39, 0.29) is 17.9 Å². The highest BCUT2D eigenvalue weighted by atomic mass is 19.4. The molecule has 0 aromatic heterocycles. The first-order valence-corrected chi connectivity index (χ1v) is 8.60. The van der Waals surface area contributed by atoms with Gasteiger partial charge in [0, 0.05) is 11.3 Å². The van der Waals surface area contributed by atoms with Gasteiger partial charge in [-0.1, -0.05) is 26.0 Å². The predicted molar refractivity (Wildman–Crippen MR) is 97.6 cm³/mol. The lowest BCUT2D eigenvalue weighted by Crippen LogP contribution is -2.53. The van der Waals surface area contributed by atoms with Crippen molar-refractivity contribution in [1.29, 1.82) is 0 Å². The number of aliphatic hydroxyl groups is 2. The summed E-state index contributed by atoms with van der Waals surface area (Å²) in [4.78, 5) is 0. The quantitative estimate of drug-likeness (QED) is 0.527. The van der Waals surface area contributed by atoms with Gasteiger partial charge in [0.25, 0.3) is 0 Å². The fourth-order valence-electron chi connectivity index (χ4n) is 3.12. The third-order valence-electron chi connectivity index (χ3n) is 4.67. The van der Waals surface area contributed by atoms with Crippen LogP contribution in [0.25, 0.3) is 0 Å². The first-order valence-electron chi connectivity index (χ1n) is 8.60. The van der Waals surface area contributed by atoms with E-state index in [9.17, 15) is 27.8 Å². The number of benzene rings is 2. The Labute approximate surface area is 160 Å². The predicted octanol–water partition coefficient (Wildman–Crippen LogP) is 4.10. The van der Waals surface area contributed by atoms with E-state index in [0.717, 1.165) is 18.2 Å². The van der Waals surface area contributed by atoms with Crippen LogP contribution >= 0.6 is 0 Å². The van der Waals surface area contributed by atoms with Crippen molar-refractivity contribution < 1.29 is 32.9 Å². The number of nitrogens with one attached hydrogen (secondary N) is 1. The average Bonchev–Trinajstić information content (AvgIpc) is 2.61. The van der Waals surface area contributed by atoms with Gasteiger partial charge in [0.05, 0.1) is 13.2 Å². The monoisotopic (exact) mass is 401 g/mol. The average molecular weight is 401 g/mol. The Morgan fingerprint density at radius 3 is 2.14 bits per heavy atom. The highest BCUT2D eigenvalue weighted by Crippen LogP contribution is 2.43. The Balaban J connectivity index is 2.27. The first kappa shape index (κ1) is 22.0. The summed E-state index contributed by atoms with van der Waals surface area (Å²) in [6.07, 6.45) is -5.77. The number of hydrogen-bond acceptors (Lipinski definition) is 4. The van der Waals surface area contributed by atoms with E-state index in [0.29, 0.717) is 11.3 Å². The van der Waals surface area contributed by atoms with Crippen molar-refractivity contribution in [3.63, 3.8) is 0 Å². The van der Waals surface area contributed by atoms with Crippen molar-refractivity contribution in [3.05, 3.63) is 59.4 Å². The summed E-state index contributed by atoms with van der Waals surface area (Å²) in [6.45, 7) is 1.76. The van der Waals surface area contributed by atoms with Gasteiger partial charge in [-0.3, -0.25) is 0 Å². The first-order chi connectivity index (χ1) is 12.9. The highest BCUT2D eigenvalue weighted by molar-refractivity contribution is 5.45. The van der Waals surface area contributed by atoms with Crippen LogP contribution in [-0.4, -0.2) is 33.6 Å². The number of anilines is 1. The van der Waals surface area contributed by atoms with Crippen LogP contribution in [0, 0.1) is 5.82 Å². The van der Waals surface area contributed by atoms with Crippen LogP contribution in [0.1, 0.15) is 31.4 Å². The fraction of sp³-hybridized carbons (Fsp3) is 0.400. The molecule has 154 valence electrons. The van der Waals surface area contributed by atoms with Gasteiger partial charge in [0.15, 0.2) is 5.60 Å². The van der Waals surface area contributed by atoms with Crippen LogP contribution in [0.15, 0.2) is 42.5 Å². The van der Waals surface area contributed by atoms with Crippen LogP contribution in [-0.2, 0) is 12.0 Å². The Kier molecular flexibility index (Phi) is 6.25. The van der Waals surface area contributed by atoms with Crippen LogP contribution in [0.3, 0.4) is 0 Å². The highest BCUT2D eigenvalue weighted by Gasteiger charge is 2.56. The van der Waals surface area contributed by atoms with Crippen LogP contribution in [0.2, 0.25) is 0 Å². The smallest absolute Gasteiger partial charge is 0.418 e. The zero-order valence-corrected chi connectivity index (χ0v) is 15.5. The van der Waals surface area contributed by atoms with Gasteiger partial charge in [-0.25, -0.2) is 4.39 Å². The van der Waals surface area contributed by atoms with E-state index < -0.39 is 36.0 Å². The number of phenols is 1. The molecule has 0 spiro atoms. The number of aliphatic hydroxyl groups excluding tert-OH is 1. The lowest BCUT2D eigenvalue weighted by Gasteiger charge is -2.38. The molecule has 8 heteroatoms. The van der Waals surface area contributed by atoms with Crippen molar-refractivity contribution in [2.24, 2.45) is 0 Å². The molecule has 2 aromatic rings. The van der Waals surface area contributed by atoms with E-state index in [1.54, 1.807) is 12.1 Å². The maximum absolute atomic E-state index is 13.7. The number of rotatable bonds is 7. The van der Waals surface area contributed by atoms with E-state index in [4.69, 9.17) is 5.11 Å². The minimum absolute atomic E-state index is 0.0255. The van der Waals surface area contributed by atoms with Crippen molar-refractivity contribution >= 4 is 5.69 Å². The summed E-state index contributed by atoms with van der Waals surface area (Å²) >= 11 is 0. The SMILES string of the molecule is CC(C)(CC(O)(CNc1ccc(CO)cc1)C(F)(F)F)c1cc(F)ccc1O. The second kappa shape index (κ2) is 7.97. The van der Waals surface area contributed by atoms with Gasteiger partial charge in [0.1, 0.15) is 11.6 Å². The molecule has 0 bridgehead atoms.